The number of nitrogens with zero attached hydrogens (tertiary/aromatic N) is 1. The van der Waals surface area contributed by atoms with Crippen molar-refractivity contribution in [3.63, 3.8) is 0 Å². The molecule has 1 unspecified atom stereocenters. The van der Waals surface area contributed by atoms with Gasteiger partial charge >= 0.3 is 0 Å². The van der Waals surface area contributed by atoms with Gasteiger partial charge in [-0.15, -0.1) is 0 Å². The Bertz CT molecular complexity index is 392. The van der Waals surface area contributed by atoms with E-state index in [9.17, 15) is 10.1 Å². The molecule has 1 rings (SSSR count). The molecule has 0 saturated carbocycles. The van der Waals surface area contributed by atoms with Crippen LogP contribution in [0.15, 0.2) is 24.3 Å². The Kier molecular flexibility index (Phi) is 5.25. The van der Waals surface area contributed by atoms with Crippen LogP contribution >= 0.6 is 0 Å². The van der Waals surface area contributed by atoms with Crippen molar-refractivity contribution in [1.29, 1.82) is 0 Å². The molecule has 1 aromatic carbocycles. The molecule has 0 fully saturated rings. The summed E-state index contributed by atoms with van der Waals surface area (Å²) in [5.74, 6) is 0. The number of hydrogen-bond acceptors (Lipinski definition) is 4. The minimum absolute atomic E-state index is 0.101. The Balaban J connectivity index is 2.60. The van der Waals surface area contributed by atoms with Crippen molar-refractivity contribution in [3.05, 3.63) is 39.9 Å². The van der Waals surface area contributed by atoms with Gasteiger partial charge in [-0.3, -0.25) is 10.1 Å². The number of hydrogen-bond donors (Lipinski definition) is 2. The van der Waals surface area contributed by atoms with Gasteiger partial charge in [-0.2, -0.15) is 0 Å². The summed E-state index contributed by atoms with van der Waals surface area (Å²) < 4.78 is 0. The van der Waals surface area contributed by atoms with E-state index >= 15 is 0 Å². The Labute approximate surface area is 107 Å². The highest BCUT2D eigenvalue weighted by Gasteiger charge is 2.20. The van der Waals surface area contributed by atoms with E-state index in [-0.39, 0.29) is 17.8 Å². The standard InChI is InChI=1S/C13H20N2O3/c1-3-13(2,8-9-16)14-10-11-4-6-12(7-5-11)15(17)18/h4-7,14,16H,3,8-10H2,1-2H3. The van der Waals surface area contributed by atoms with Gasteiger partial charge in [0.15, 0.2) is 0 Å². The quantitative estimate of drug-likeness (QED) is 0.576. The maximum Gasteiger partial charge on any atom is 0.269 e. The van der Waals surface area contributed by atoms with Gasteiger partial charge in [-0.05, 0) is 25.3 Å². The minimum Gasteiger partial charge on any atom is -0.396 e. The summed E-state index contributed by atoms with van der Waals surface area (Å²) in [6, 6.07) is 6.51. The summed E-state index contributed by atoms with van der Waals surface area (Å²) in [5.41, 5.74) is 1.00. The van der Waals surface area contributed by atoms with E-state index in [0.717, 1.165) is 12.0 Å². The van der Waals surface area contributed by atoms with Gasteiger partial charge in [0.1, 0.15) is 0 Å². The van der Waals surface area contributed by atoms with Crippen LogP contribution < -0.4 is 5.32 Å². The molecule has 0 amide bonds. The summed E-state index contributed by atoms with van der Waals surface area (Å²) in [5, 5.41) is 22.9. The number of rotatable bonds is 7. The first kappa shape index (κ1) is 14.6. The van der Waals surface area contributed by atoms with Crippen molar-refractivity contribution in [3.8, 4) is 0 Å². The average molecular weight is 252 g/mol. The first-order chi connectivity index (χ1) is 8.50. The zero-order valence-corrected chi connectivity index (χ0v) is 10.8. The van der Waals surface area contributed by atoms with E-state index < -0.39 is 4.92 Å². The first-order valence-electron chi connectivity index (χ1n) is 6.10. The second-order valence-electron chi connectivity index (χ2n) is 4.66. The third-order valence-corrected chi connectivity index (χ3v) is 3.31. The van der Waals surface area contributed by atoms with Gasteiger partial charge in [-0.1, -0.05) is 19.1 Å². The molecular weight excluding hydrogens is 232 g/mol. The van der Waals surface area contributed by atoms with Crippen molar-refractivity contribution >= 4 is 5.69 Å². The normalized spacial score (nSPS) is 14.2. The fourth-order valence-electron chi connectivity index (χ4n) is 1.69. The summed E-state index contributed by atoms with van der Waals surface area (Å²) in [6.45, 7) is 4.92. The summed E-state index contributed by atoms with van der Waals surface area (Å²) in [7, 11) is 0. The second kappa shape index (κ2) is 6.47. The Morgan fingerprint density at radius 2 is 2.00 bits per heavy atom. The van der Waals surface area contributed by atoms with Gasteiger partial charge in [0.05, 0.1) is 4.92 Å². The van der Waals surface area contributed by atoms with E-state index in [4.69, 9.17) is 5.11 Å². The molecular formula is C13H20N2O3. The van der Waals surface area contributed by atoms with Crippen LogP contribution in [-0.4, -0.2) is 22.2 Å². The number of nitrogens with one attached hydrogen (secondary N) is 1. The van der Waals surface area contributed by atoms with Crippen molar-refractivity contribution in [2.75, 3.05) is 6.61 Å². The van der Waals surface area contributed by atoms with Crippen LogP contribution in [0.3, 0.4) is 0 Å². The van der Waals surface area contributed by atoms with Gasteiger partial charge in [0, 0.05) is 30.8 Å². The average Bonchev–Trinajstić information content (AvgIpc) is 2.37. The number of nitro benzene ring substituents is 1. The summed E-state index contributed by atoms with van der Waals surface area (Å²) >= 11 is 0. The molecule has 2 N–H and O–H groups in total. The number of aliphatic hydroxyl groups is 1. The molecule has 100 valence electrons. The largest absolute Gasteiger partial charge is 0.396 e. The van der Waals surface area contributed by atoms with Crippen molar-refractivity contribution in [1.82, 2.24) is 5.32 Å². The minimum atomic E-state index is -0.404. The van der Waals surface area contributed by atoms with E-state index in [1.807, 2.05) is 0 Å². The van der Waals surface area contributed by atoms with Crippen LogP contribution in [-0.2, 0) is 6.54 Å². The molecule has 0 aliphatic heterocycles. The smallest absolute Gasteiger partial charge is 0.269 e. The predicted octanol–water partition coefficient (Wildman–Crippen LogP) is 2.24. The fraction of sp³-hybridized carbons (Fsp3) is 0.538. The SMILES string of the molecule is CCC(C)(CCO)NCc1ccc([N+](=O)[O-])cc1. The van der Waals surface area contributed by atoms with Gasteiger partial charge < -0.3 is 10.4 Å². The van der Waals surface area contributed by atoms with Gasteiger partial charge in [-0.25, -0.2) is 0 Å². The third-order valence-electron chi connectivity index (χ3n) is 3.31. The highest BCUT2D eigenvalue weighted by atomic mass is 16.6. The molecule has 5 nitrogen and oxygen atoms in total. The Morgan fingerprint density at radius 3 is 2.44 bits per heavy atom. The number of aliphatic hydroxyl groups excluding tert-OH is 1. The summed E-state index contributed by atoms with van der Waals surface area (Å²) in [6.07, 6.45) is 1.61. The van der Waals surface area contributed by atoms with Crippen LogP contribution in [0.2, 0.25) is 0 Å². The van der Waals surface area contributed by atoms with Crippen LogP contribution in [0.5, 0.6) is 0 Å². The number of nitro groups is 1. The molecule has 0 bridgehead atoms. The zero-order valence-electron chi connectivity index (χ0n) is 10.8. The lowest BCUT2D eigenvalue weighted by Gasteiger charge is -2.29. The van der Waals surface area contributed by atoms with E-state index in [1.54, 1.807) is 12.1 Å². The molecule has 5 heteroatoms. The van der Waals surface area contributed by atoms with Gasteiger partial charge in [0.25, 0.3) is 5.69 Å². The van der Waals surface area contributed by atoms with Crippen LogP contribution in [0.25, 0.3) is 0 Å². The van der Waals surface area contributed by atoms with Crippen molar-refractivity contribution in [2.24, 2.45) is 0 Å². The first-order valence-corrected chi connectivity index (χ1v) is 6.10. The van der Waals surface area contributed by atoms with E-state index in [0.29, 0.717) is 13.0 Å². The molecule has 0 radical (unpaired) electrons. The van der Waals surface area contributed by atoms with Crippen LogP contribution in [0, 0.1) is 10.1 Å². The second-order valence-corrected chi connectivity index (χ2v) is 4.66. The molecule has 1 aromatic rings. The Hall–Kier alpha value is -1.46. The monoisotopic (exact) mass is 252 g/mol. The van der Waals surface area contributed by atoms with Crippen LogP contribution in [0.4, 0.5) is 5.69 Å². The highest BCUT2D eigenvalue weighted by molar-refractivity contribution is 5.32. The zero-order chi connectivity index (χ0) is 13.6. The van der Waals surface area contributed by atoms with Crippen LogP contribution in [0.1, 0.15) is 32.3 Å². The lowest BCUT2D eigenvalue weighted by Crippen LogP contribution is -2.42. The maximum atomic E-state index is 10.5. The molecule has 0 spiro atoms. The lowest BCUT2D eigenvalue weighted by atomic mass is 9.94. The van der Waals surface area contributed by atoms with Crippen molar-refractivity contribution in [2.45, 2.75) is 38.8 Å². The number of non-ortho nitro benzene ring substituents is 1. The molecule has 18 heavy (non-hydrogen) atoms. The molecule has 0 heterocycles. The summed E-state index contributed by atoms with van der Waals surface area (Å²) in [4.78, 5) is 10.1. The van der Waals surface area contributed by atoms with Gasteiger partial charge in [0.2, 0.25) is 0 Å². The fourth-order valence-corrected chi connectivity index (χ4v) is 1.69. The Morgan fingerprint density at radius 1 is 1.39 bits per heavy atom. The topological polar surface area (TPSA) is 75.4 Å². The predicted molar refractivity (Wildman–Crippen MR) is 70.3 cm³/mol. The van der Waals surface area contributed by atoms with E-state index in [1.165, 1.54) is 12.1 Å². The van der Waals surface area contributed by atoms with E-state index in [2.05, 4.69) is 19.2 Å². The highest BCUT2D eigenvalue weighted by Crippen LogP contribution is 2.16. The molecule has 1 atom stereocenters. The molecule has 0 aromatic heterocycles. The molecule has 0 aliphatic carbocycles. The maximum absolute atomic E-state index is 10.5. The third kappa shape index (κ3) is 4.09. The molecule has 0 aliphatic rings. The van der Waals surface area contributed by atoms with Crippen molar-refractivity contribution < 1.29 is 10.0 Å². The number of benzene rings is 1. The molecule has 0 saturated heterocycles. The lowest BCUT2D eigenvalue weighted by molar-refractivity contribution is -0.384.